The average molecular weight is 161 g/mol. The second-order valence-corrected chi connectivity index (χ2v) is 2.14. The van der Waals surface area contributed by atoms with Crippen molar-refractivity contribution in [3.63, 3.8) is 0 Å². The molecule has 0 aliphatic rings. The zero-order valence-electron chi connectivity index (χ0n) is 8.17. The van der Waals surface area contributed by atoms with E-state index in [4.69, 9.17) is 13.6 Å². The molecule has 11 heavy (non-hydrogen) atoms. The molecule has 64 valence electrons. The fraction of sp³-hybridized carbons (Fsp3) is 0.714. The van der Waals surface area contributed by atoms with E-state index in [0.717, 1.165) is 0 Å². The highest BCUT2D eigenvalue weighted by Crippen LogP contribution is 2.01. The topological polar surface area (TPSA) is 80.4 Å². The van der Waals surface area contributed by atoms with Crippen LogP contribution in [0.25, 0.3) is 0 Å². The first kappa shape index (κ1) is 6.64. The molecule has 0 spiro atoms. The number of hydrogen-bond donors (Lipinski definition) is 2. The Bertz CT molecular complexity index is 206. The van der Waals surface area contributed by atoms with Crippen LogP contribution in [-0.2, 0) is 9.59 Å². The van der Waals surface area contributed by atoms with Crippen molar-refractivity contribution in [2.24, 2.45) is 5.73 Å². The van der Waals surface area contributed by atoms with Crippen molar-refractivity contribution < 1.29 is 17.4 Å². The first-order valence-corrected chi connectivity index (χ1v) is 3.38. The smallest absolute Gasteiger partial charge is 0.303 e. The predicted molar refractivity (Wildman–Crippen MR) is 39.9 cm³/mol. The van der Waals surface area contributed by atoms with Gasteiger partial charge in [0.2, 0.25) is 5.91 Å². The van der Waals surface area contributed by atoms with Crippen molar-refractivity contribution in [3.8, 4) is 0 Å². The van der Waals surface area contributed by atoms with Crippen LogP contribution in [0.5, 0.6) is 0 Å². The molecule has 0 aromatic rings. The number of amides is 1. The molecule has 0 aliphatic carbocycles. The summed E-state index contributed by atoms with van der Waals surface area (Å²) >= 11 is 0. The Balaban J connectivity index is 3.64. The van der Waals surface area contributed by atoms with E-state index in [-0.39, 0.29) is 12.8 Å². The molecule has 0 rings (SSSR count). The number of rotatable bonds is 6. The number of carboxylic acids is 1. The third-order valence-corrected chi connectivity index (χ3v) is 1.12. The van der Waals surface area contributed by atoms with Crippen LogP contribution in [0.1, 0.15) is 34.8 Å². The summed E-state index contributed by atoms with van der Waals surface area (Å²) < 4.78 is 14.2. The number of hydrogen-bond acceptors (Lipinski definition) is 2. The van der Waals surface area contributed by atoms with E-state index >= 15 is 0 Å². The number of primary amides is 1. The Hall–Kier alpha value is -1.06. The Labute approximate surface area is 68.2 Å². The van der Waals surface area contributed by atoms with Gasteiger partial charge in [0.1, 0.15) is 0 Å². The van der Waals surface area contributed by atoms with Crippen molar-refractivity contribution in [3.05, 3.63) is 0 Å². The number of carboxylic acid groups (broad SMARTS) is 1. The van der Waals surface area contributed by atoms with Crippen molar-refractivity contribution >= 4 is 11.9 Å². The zero-order valence-corrected chi connectivity index (χ0v) is 6.17. The Morgan fingerprint density at radius 2 is 2.00 bits per heavy atom. The standard InChI is InChI=1S/C7H13NO3/c8-6(9)4-2-1-3-5-7(10)11/h1-5H2,(H2,8,9)(H,10,11)/i4D2. The second kappa shape index (κ2) is 5.70. The van der Waals surface area contributed by atoms with Crippen LogP contribution in [-0.4, -0.2) is 17.0 Å². The lowest BCUT2D eigenvalue weighted by molar-refractivity contribution is -0.137. The second-order valence-electron chi connectivity index (χ2n) is 2.14. The molecule has 0 aromatic carbocycles. The molecule has 0 unspecified atom stereocenters. The largest absolute Gasteiger partial charge is 0.481 e. The molecule has 0 aromatic heterocycles. The summed E-state index contributed by atoms with van der Waals surface area (Å²) in [6, 6.07) is 0. The summed E-state index contributed by atoms with van der Waals surface area (Å²) in [5.41, 5.74) is 4.78. The Kier molecular flexibility index (Phi) is 3.44. The highest BCUT2D eigenvalue weighted by molar-refractivity contribution is 5.73. The van der Waals surface area contributed by atoms with Crippen LogP contribution in [0.15, 0.2) is 0 Å². The normalized spacial score (nSPS) is 13.5. The lowest BCUT2D eigenvalue weighted by Crippen LogP contribution is -2.09. The molecule has 0 saturated carbocycles. The Morgan fingerprint density at radius 3 is 2.45 bits per heavy atom. The highest BCUT2D eigenvalue weighted by atomic mass is 16.4. The molecule has 3 N–H and O–H groups in total. The van der Waals surface area contributed by atoms with E-state index in [1.807, 2.05) is 0 Å². The van der Waals surface area contributed by atoms with Gasteiger partial charge in [-0.1, -0.05) is 6.42 Å². The third-order valence-electron chi connectivity index (χ3n) is 1.12. The van der Waals surface area contributed by atoms with Crippen molar-refractivity contribution in [2.45, 2.75) is 32.1 Å². The van der Waals surface area contributed by atoms with Gasteiger partial charge in [0, 0.05) is 15.5 Å². The van der Waals surface area contributed by atoms with Gasteiger partial charge in [-0.3, -0.25) is 9.59 Å². The molecule has 0 saturated heterocycles. The van der Waals surface area contributed by atoms with Gasteiger partial charge in [-0.05, 0) is 12.8 Å². The fourth-order valence-electron chi connectivity index (χ4n) is 0.613. The van der Waals surface area contributed by atoms with Crippen LogP contribution in [0.4, 0.5) is 0 Å². The maximum atomic E-state index is 10.5. The molecular weight excluding hydrogens is 146 g/mol. The predicted octanol–water partition coefficient (Wildman–Crippen LogP) is 0.507. The van der Waals surface area contributed by atoms with Gasteiger partial charge in [0.15, 0.2) is 0 Å². The summed E-state index contributed by atoms with van der Waals surface area (Å²) in [6.07, 6.45) is -1.33. The number of unbranched alkanes of at least 4 members (excludes halogenated alkanes) is 1. The van der Waals surface area contributed by atoms with Crippen LogP contribution in [0.3, 0.4) is 0 Å². The van der Waals surface area contributed by atoms with E-state index < -0.39 is 18.2 Å². The maximum Gasteiger partial charge on any atom is 0.303 e. The van der Waals surface area contributed by atoms with Crippen molar-refractivity contribution in [1.29, 1.82) is 0 Å². The average Bonchev–Trinajstić information content (AvgIpc) is 1.97. The number of aliphatic carboxylic acids is 1. The summed E-state index contributed by atoms with van der Waals surface area (Å²) in [4.78, 5) is 20.6. The van der Waals surface area contributed by atoms with Crippen LogP contribution in [0, 0.1) is 0 Å². The van der Waals surface area contributed by atoms with Crippen LogP contribution in [0.2, 0.25) is 0 Å². The number of carbonyl (C=O) groups excluding carboxylic acids is 1. The molecule has 0 heterocycles. The third kappa shape index (κ3) is 8.94. The number of nitrogens with two attached hydrogens (primary N) is 1. The molecule has 0 radical (unpaired) electrons. The molecule has 0 fully saturated rings. The van der Waals surface area contributed by atoms with Crippen molar-refractivity contribution in [1.82, 2.24) is 0 Å². The quantitative estimate of drug-likeness (QED) is 0.557. The fourth-order valence-corrected chi connectivity index (χ4v) is 0.613. The van der Waals surface area contributed by atoms with E-state index in [9.17, 15) is 9.59 Å². The van der Waals surface area contributed by atoms with Gasteiger partial charge < -0.3 is 10.8 Å². The minimum absolute atomic E-state index is 0.00512. The van der Waals surface area contributed by atoms with Crippen molar-refractivity contribution in [2.75, 3.05) is 0 Å². The summed E-state index contributed by atoms with van der Waals surface area (Å²) in [6.45, 7) is 0. The first-order chi connectivity index (χ1) is 5.86. The van der Waals surface area contributed by atoms with Gasteiger partial charge in [0.25, 0.3) is 0 Å². The number of carbonyl (C=O) groups is 2. The van der Waals surface area contributed by atoms with E-state index in [1.54, 1.807) is 0 Å². The van der Waals surface area contributed by atoms with Crippen LogP contribution >= 0.6 is 0 Å². The van der Waals surface area contributed by atoms with Gasteiger partial charge in [-0.15, -0.1) is 0 Å². The molecule has 0 atom stereocenters. The summed E-state index contributed by atoms with van der Waals surface area (Å²) in [5, 5.41) is 8.27. The van der Waals surface area contributed by atoms with Gasteiger partial charge >= 0.3 is 5.97 Å². The summed E-state index contributed by atoms with van der Waals surface area (Å²) in [7, 11) is 0. The molecule has 4 heteroatoms. The first-order valence-electron chi connectivity index (χ1n) is 4.38. The molecule has 4 nitrogen and oxygen atoms in total. The van der Waals surface area contributed by atoms with Crippen LogP contribution < -0.4 is 5.73 Å². The molecule has 0 aliphatic heterocycles. The van der Waals surface area contributed by atoms with E-state index in [1.165, 1.54) is 0 Å². The highest BCUT2D eigenvalue weighted by Gasteiger charge is 1.97. The minimum Gasteiger partial charge on any atom is -0.481 e. The van der Waals surface area contributed by atoms with Gasteiger partial charge in [-0.2, -0.15) is 0 Å². The maximum absolute atomic E-state index is 10.5. The lowest BCUT2D eigenvalue weighted by Gasteiger charge is -1.95. The van der Waals surface area contributed by atoms with Gasteiger partial charge in [-0.25, -0.2) is 0 Å². The van der Waals surface area contributed by atoms with E-state index in [0.29, 0.717) is 12.8 Å². The minimum atomic E-state index is -2.02. The Morgan fingerprint density at radius 1 is 1.36 bits per heavy atom. The SMILES string of the molecule is [2H]C([2H])(CCCCC(=O)O)C(N)=O. The van der Waals surface area contributed by atoms with Gasteiger partial charge in [0.05, 0.1) is 0 Å². The monoisotopic (exact) mass is 161 g/mol. The summed E-state index contributed by atoms with van der Waals surface area (Å²) in [5.74, 6) is -1.91. The zero-order chi connectivity index (χ0) is 10.5. The molecule has 1 amide bonds. The lowest BCUT2D eigenvalue weighted by atomic mass is 10.1. The molecular formula is C7H13NO3. The van der Waals surface area contributed by atoms with E-state index in [2.05, 4.69) is 0 Å². The molecule has 0 bridgehead atoms.